The fourth-order valence-electron chi connectivity index (χ4n) is 2.20. The molecular formula is C10H18N2O2. The summed E-state index contributed by atoms with van der Waals surface area (Å²) >= 11 is 0. The van der Waals surface area contributed by atoms with Crippen LogP contribution in [-0.2, 0) is 4.74 Å². The molecule has 2 aliphatic heterocycles. The number of rotatable bonds is 1. The minimum absolute atomic E-state index is 0.210. The van der Waals surface area contributed by atoms with Crippen molar-refractivity contribution in [2.75, 3.05) is 33.3 Å². The Morgan fingerprint density at radius 3 is 2.50 bits per heavy atom. The third-order valence-corrected chi connectivity index (χ3v) is 3.13. The molecule has 0 bridgehead atoms. The Morgan fingerprint density at radius 2 is 1.93 bits per heavy atom. The third-order valence-electron chi connectivity index (χ3n) is 3.13. The molecule has 4 nitrogen and oxygen atoms in total. The van der Waals surface area contributed by atoms with E-state index in [2.05, 4.69) is 0 Å². The van der Waals surface area contributed by atoms with Gasteiger partial charge in [0.2, 0.25) is 0 Å². The molecule has 2 saturated heterocycles. The molecule has 0 radical (unpaired) electrons. The third kappa shape index (κ3) is 1.85. The van der Waals surface area contributed by atoms with Gasteiger partial charge in [-0.1, -0.05) is 0 Å². The number of hydrogen-bond acceptors (Lipinski definition) is 2. The monoisotopic (exact) mass is 198 g/mol. The van der Waals surface area contributed by atoms with Crippen molar-refractivity contribution in [1.29, 1.82) is 0 Å². The second kappa shape index (κ2) is 4.17. The Hall–Kier alpha value is -0.770. The lowest BCUT2D eigenvalue weighted by Gasteiger charge is -2.23. The van der Waals surface area contributed by atoms with E-state index in [1.54, 1.807) is 7.11 Å². The lowest BCUT2D eigenvalue weighted by molar-refractivity contribution is 0.106. The highest BCUT2D eigenvalue weighted by Crippen LogP contribution is 2.16. The number of carbonyl (C=O) groups is 1. The van der Waals surface area contributed by atoms with Crippen LogP contribution in [0.25, 0.3) is 0 Å². The molecule has 2 fully saturated rings. The number of nitrogens with zero attached hydrogens (tertiary/aromatic N) is 2. The van der Waals surface area contributed by atoms with Gasteiger partial charge in [0.1, 0.15) is 0 Å². The van der Waals surface area contributed by atoms with Crippen molar-refractivity contribution in [1.82, 2.24) is 9.80 Å². The van der Waals surface area contributed by atoms with Crippen molar-refractivity contribution in [2.45, 2.75) is 25.4 Å². The van der Waals surface area contributed by atoms with Crippen LogP contribution >= 0.6 is 0 Å². The lowest BCUT2D eigenvalue weighted by atomic mass is 10.3. The van der Waals surface area contributed by atoms with E-state index in [0.717, 1.165) is 45.4 Å². The maximum atomic E-state index is 11.9. The van der Waals surface area contributed by atoms with Crippen molar-refractivity contribution in [2.24, 2.45) is 0 Å². The van der Waals surface area contributed by atoms with Gasteiger partial charge in [0.25, 0.3) is 0 Å². The quantitative estimate of drug-likeness (QED) is 0.627. The van der Waals surface area contributed by atoms with Gasteiger partial charge >= 0.3 is 6.03 Å². The first kappa shape index (κ1) is 9.77. The van der Waals surface area contributed by atoms with E-state index in [9.17, 15) is 4.79 Å². The molecule has 0 aromatic heterocycles. The average molecular weight is 198 g/mol. The minimum atomic E-state index is 0.210. The summed E-state index contributed by atoms with van der Waals surface area (Å²) in [5.41, 5.74) is 0. The fourth-order valence-corrected chi connectivity index (χ4v) is 2.20. The second-order valence-corrected chi connectivity index (χ2v) is 4.07. The van der Waals surface area contributed by atoms with Gasteiger partial charge in [-0.15, -0.1) is 0 Å². The van der Waals surface area contributed by atoms with Crippen molar-refractivity contribution < 1.29 is 9.53 Å². The summed E-state index contributed by atoms with van der Waals surface area (Å²) in [6, 6.07) is 0.210. The molecule has 0 saturated carbocycles. The van der Waals surface area contributed by atoms with E-state index >= 15 is 0 Å². The Kier molecular flexibility index (Phi) is 2.91. The van der Waals surface area contributed by atoms with Crippen LogP contribution in [0.3, 0.4) is 0 Å². The zero-order chi connectivity index (χ0) is 9.97. The summed E-state index contributed by atoms with van der Waals surface area (Å²) in [7, 11) is 1.72. The molecule has 0 spiro atoms. The zero-order valence-corrected chi connectivity index (χ0v) is 8.74. The molecule has 14 heavy (non-hydrogen) atoms. The van der Waals surface area contributed by atoms with E-state index in [4.69, 9.17) is 4.74 Å². The molecule has 2 heterocycles. The molecule has 2 rings (SSSR count). The number of urea groups is 1. The largest absolute Gasteiger partial charge is 0.380 e. The van der Waals surface area contributed by atoms with Crippen LogP contribution in [0.4, 0.5) is 4.79 Å². The van der Waals surface area contributed by atoms with E-state index in [1.807, 2.05) is 9.80 Å². The molecule has 2 amide bonds. The van der Waals surface area contributed by atoms with Crippen LogP contribution in [-0.4, -0.2) is 55.2 Å². The zero-order valence-electron chi connectivity index (χ0n) is 8.74. The molecule has 80 valence electrons. The summed E-state index contributed by atoms with van der Waals surface area (Å²) in [5, 5.41) is 0. The minimum Gasteiger partial charge on any atom is -0.380 e. The maximum Gasteiger partial charge on any atom is 0.320 e. The summed E-state index contributed by atoms with van der Waals surface area (Å²) in [6.07, 6.45) is 3.55. The standard InChI is InChI=1S/C10H18N2O2/c1-14-9-4-7-12(8-9)10(13)11-5-2-3-6-11/h9H,2-8H2,1H3. The van der Waals surface area contributed by atoms with Gasteiger partial charge in [0, 0.05) is 33.3 Å². The van der Waals surface area contributed by atoms with Crippen LogP contribution in [0, 0.1) is 0 Å². The predicted octanol–water partition coefficient (Wildman–Crippen LogP) is 0.923. The van der Waals surface area contributed by atoms with Crippen molar-refractivity contribution in [3.8, 4) is 0 Å². The summed E-state index contributed by atoms with van der Waals surface area (Å²) in [4.78, 5) is 15.8. The number of likely N-dealkylation sites (tertiary alicyclic amines) is 2. The van der Waals surface area contributed by atoms with Gasteiger partial charge in [-0.3, -0.25) is 0 Å². The number of carbonyl (C=O) groups excluding carboxylic acids is 1. The van der Waals surface area contributed by atoms with Crippen LogP contribution < -0.4 is 0 Å². The predicted molar refractivity (Wildman–Crippen MR) is 53.2 cm³/mol. The number of ether oxygens (including phenoxy) is 1. The van der Waals surface area contributed by atoms with Crippen LogP contribution in [0.2, 0.25) is 0 Å². The molecule has 0 aliphatic carbocycles. The summed E-state index contributed by atoms with van der Waals surface area (Å²) in [5.74, 6) is 0. The normalized spacial score (nSPS) is 27.4. The van der Waals surface area contributed by atoms with Crippen LogP contribution in [0.1, 0.15) is 19.3 Å². The molecule has 1 atom stereocenters. The number of hydrogen-bond donors (Lipinski definition) is 0. The van der Waals surface area contributed by atoms with Gasteiger partial charge in [-0.2, -0.15) is 0 Å². The average Bonchev–Trinajstić information content (AvgIpc) is 2.88. The van der Waals surface area contributed by atoms with Crippen molar-refractivity contribution in [3.63, 3.8) is 0 Å². The first-order valence-corrected chi connectivity index (χ1v) is 5.38. The van der Waals surface area contributed by atoms with E-state index in [1.165, 1.54) is 0 Å². The Balaban J connectivity index is 1.86. The molecule has 0 aromatic carbocycles. The van der Waals surface area contributed by atoms with Crippen LogP contribution in [0.15, 0.2) is 0 Å². The number of amides is 2. The molecule has 4 heteroatoms. The highest BCUT2D eigenvalue weighted by Gasteiger charge is 2.30. The maximum absolute atomic E-state index is 11.9. The molecule has 0 aromatic rings. The molecule has 2 aliphatic rings. The SMILES string of the molecule is COC1CCN(C(=O)N2CCCC2)C1. The highest BCUT2D eigenvalue weighted by molar-refractivity contribution is 5.75. The molecular weight excluding hydrogens is 180 g/mol. The Morgan fingerprint density at radius 1 is 1.21 bits per heavy atom. The Labute approximate surface area is 84.8 Å². The van der Waals surface area contributed by atoms with E-state index in [-0.39, 0.29) is 12.1 Å². The van der Waals surface area contributed by atoms with Crippen LogP contribution in [0.5, 0.6) is 0 Å². The molecule has 1 unspecified atom stereocenters. The second-order valence-electron chi connectivity index (χ2n) is 4.07. The molecule has 0 N–H and O–H groups in total. The highest BCUT2D eigenvalue weighted by atomic mass is 16.5. The van der Waals surface area contributed by atoms with Gasteiger partial charge in [-0.05, 0) is 19.3 Å². The Bertz CT molecular complexity index is 214. The topological polar surface area (TPSA) is 32.8 Å². The summed E-state index contributed by atoms with van der Waals surface area (Å²) < 4.78 is 5.24. The lowest BCUT2D eigenvalue weighted by Crippen LogP contribution is -2.40. The fraction of sp³-hybridized carbons (Fsp3) is 0.900. The number of methoxy groups -OCH3 is 1. The van der Waals surface area contributed by atoms with E-state index in [0.29, 0.717) is 0 Å². The first-order chi connectivity index (χ1) is 6.81. The first-order valence-electron chi connectivity index (χ1n) is 5.38. The van der Waals surface area contributed by atoms with Crippen molar-refractivity contribution >= 4 is 6.03 Å². The van der Waals surface area contributed by atoms with Crippen molar-refractivity contribution in [3.05, 3.63) is 0 Å². The van der Waals surface area contributed by atoms with Gasteiger partial charge in [0.05, 0.1) is 6.10 Å². The van der Waals surface area contributed by atoms with E-state index < -0.39 is 0 Å². The summed E-state index contributed by atoms with van der Waals surface area (Å²) in [6.45, 7) is 3.50. The van der Waals surface area contributed by atoms with Gasteiger partial charge < -0.3 is 14.5 Å². The smallest absolute Gasteiger partial charge is 0.320 e. The van der Waals surface area contributed by atoms with Gasteiger partial charge in [-0.25, -0.2) is 4.79 Å². The van der Waals surface area contributed by atoms with Gasteiger partial charge in [0.15, 0.2) is 0 Å².